The van der Waals surface area contributed by atoms with Crippen molar-refractivity contribution >= 4 is 11.8 Å². The van der Waals surface area contributed by atoms with Gasteiger partial charge in [-0.1, -0.05) is 36.4 Å². The first-order chi connectivity index (χ1) is 12.5. The average molecular weight is 347 g/mol. The van der Waals surface area contributed by atoms with Gasteiger partial charge in [-0.15, -0.1) is 0 Å². The van der Waals surface area contributed by atoms with Gasteiger partial charge in [-0.3, -0.25) is 20.4 Å². The highest BCUT2D eigenvalue weighted by atomic mass is 16.2. The predicted molar refractivity (Wildman–Crippen MR) is 101 cm³/mol. The predicted octanol–water partition coefficient (Wildman–Crippen LogP) is 3.48. The van der Waals surface area contributed by atoms with E-state index in [4.69, 9.17) is 0 Å². The number of hydrogen-bond acceptors (Lipinski definition) is 2. The third kappa shape index (κ3) is 3.37. The first-order valence-corrected chi connectivity index (χ1v) is 8.39. The molecule has 3 aromatic rings. The molecule has 1 aromatic heterocycles. The molecule has 3 rings (SSSR count). The molecule has 5 heteroatoms. The van der Waals surface area contributed by atoms with Crippen LogP contribution in [0.1, 0.15) is 37.7 Å². The van der Waals surface area contributed by atoms with E-state index in [-0.39, 0.29) is 11.8 Å². The highest BCUT2D eigenvalue weighted by molar-refractivity contribution is 5.99. The number of hydrazine groups is 1. The lowest BCUT2D eigenvalue weighted by Gasteiger charge is -2.13. The van der Waals surface area contributed by atoms with Crippen molar-refractivity contribution in [3.63, 3.8) is 0 Å². The van der Waals surface area contributed by atoms with E-state index in [2.05, 4.69) is 10.9 Å². The van der Waals surface area contributed by atoms with Crippen molar-refractivity contribution in [2.24, 2.45) is 0 Å². The monoisotopic (exact) mass is 347 g/mol. The van der Waals surface area contributed by atoms with Crippen LogP contribution in [0.15, 0.2) is 60.7 Å². The summed E-state index contributed by atoms with van der Waals surface area (Å²) in [5, 5.41) is 0. The van der Waals surface area contributed by atoms with Gasteiger partial charge in [-0.05, 0) is 50.6 Å². The van der Waals surface area contributed by atoms with Gasteiger partial charge in [0.05, 0.1) is 5.56 Å². The van der Waals surface area contributed by atoms with Crippen molar-refractivity contribution in [2.75, 3.05) is 0 Å². The highest BCUT2D eigenvalue weighted by Gasteiger charge is 2.18. The topological polar surface area (TPSA) is 63.1 Å². The highest BCUT2D eigenvalue weighted by Crippen LogP contribution is 2.23. The summed E-state index contributed by atoms with van der Waals surface area (Å²) in [5.41, 5.74) is 9.90. The van der Waals surface area contributed by atoms with Crippen molar-refractivity contribution in [2.45, 2.75) is 20.8 Å². The van der Waals surface area contributed by atoms with Crippen LogP contribution in [0.4, 0.5) is 0 Å². The summed E-state index contributed by atoms with van der Waals surface area (Å²) in [4.78, 5) is 24.6. The minimum Gasteiger partial charge on any atom is -0.317 e. The molecular weight excluding hydrogens is 326 g/mol. The third-order valence-corrected chi connectivity index (χ3v) is 4.36. The van der Waals surface area contributed by atoms with Crippen molar-refractivity contribution in [3.05, 3.63) is 88.7 Å². The molecule has 5 nitrogen and oxygen atoms in total. The summed E-state index contributed by atoms with van der Waals surface area (Å²) in [6.45, 7) is 5.89. The third-order valence-electron chi connectivity index (χ3n) is 4.36. The normalized spacial score (nSPS) is 10.4. The molecule has 0 saturated carbocycles. The summed E-state index contributed by atoms with van der Waals surface area (Å²) >= 11 is 0. The molecule has 0 aliphatic heterocycles. The van der Waals surface area contributed by atoms with Gasteiger partial charge >= 0.3 is 0 Å². The number of aryl methyl sites for hydroxylation is 2. The van der Waals surface area contributed by atoms with Gasteiger partial charge in [0.2, 0.25) is 0 Å². The van der Waals surface area contributed by atoms with Gasteiger partial charge in [0.1, 0.15) is 0 Å². The van der Waals surface area contributed by atoms with Crippen LogP contribution in [0.3, 0.4) is 0 Å². The maximum atomic E-state index is 12.5. The van der Waals surface area contributed by atoms with Gasteiger partial charge in [-0.25, -0.2) is 0 Å². The Morgan fingerprint density at radius 3 is 2.12 bits per heavy atom. The quantitative estimate of drug-likeness (QED) is 0.713. The Labute approximate surface area is 152 Å². The molecule has 0 aliphatic rings. The lowest BCUT2D eigenvalue weighted by Crippen LogP contribution is -2.41. The Balaban J connectivity index is 1.80. The largest absolute Gasteiger partial charge is 0.317 e. The molecule has 0 aliphatic carbocycles. The van der Waals surface area contributed by atoms with E-state index >= 15 is 0 Å². The van der Waals surface area contributed by atoms with Crippen LogP contribution < -0.4 is 10.9 Å². The number of hydrogen-bond donors (Lipinski definition) is 2. The minimum atomic E-state index is -0.355. The van der Waals surface area contributed by atoms with E-state index in [1.165, 1.54) is 0 Å². The molecule has 0 atom stereocenters. The molecule has 1 heterocycles. The Bertz CT molecular complexity index is 959. The molecule has 0 unspecified atom stereocenters. The summed E-state index contributed by atoms with van der Waals surface area (Å²) in [6, 6.07) is 18.6. The van der Waals surface area contributed by atoms with Crippen LogP contribution in [0.25, 0.3) is 5.69 Å². The average Bonchev–Trinajstić information content (AvgIpc) is 2.95. The molecular formula is C21H21N3O2. The van der Waals surface area contributed by atoms with E-state index in [0.29, 0.717) is 11.1 Å². The van der Waals surface area contributed by atoms with Crippen molar-refractivity contribution in [3.8, 4) is 5.69 Å². The Morgan fingerprint density at radius 2 is 1.42 bits per heavy atom. The number of para-hydroxylation sites is 1. The van der Waals surface area contributed by atoms with Gasteiger partial charge in [0.15, 0.2) is 0 Å². The van der Waals surface area contributed by atoms with E-state index in [1.807, 2.05) is 61.7 Å². The first-order valence-electron chi connectivity index (χ1n) is 8.39. The fourth-order valence-electron chi connectivity index (χ4n) is 3.02. The fraction of sp³-hybridized carbons (Fsp3) is 0.143. The number of aromatic nitrogens is 1. The van der Waals surface area contributed by atoms with Crippen LogP contribution in [-0.2, 0) is 0 Å². The summed E-state index contributed by atoms with van der Waals surface area (Å²) < 4.78 is 2.04. The van der Waals surface area contributed by atoms with Crippen molar-refractivity contribution < 1.29 is 9.59 Å². The maximum Gasteiger partial charge on any atom is 0.271 e. The Kier molecular flexibility index (Phi) is 4.89. The number of amides is 2. The molecule has 0 spiro atoms. The second kappa shape index (κ2) is 7.27. The number of nitrogens with one attached hydrogen (secondary N) is 2. The number of carbonyl (C=O) groups excluding carboxylic acids is 2. The summed E-state index contributed by atoms with van der Waals surface area (Å²) in [7, 11) is 0. The van der Waals surface area contributed by atoms with E-state index in [0.717, 1.165) is 22.6 Å². The van der Waals surface area contributed by atoms with Crippen LogP contribution in [0, 0.1) is 20.8 Å². The van der Waals surface area contributed by atoms with Crippen LogP contribution in [0.2, 0.25) is 0 Å². The zero-order valence-electron chi connectivity index (χ0n) is 15.0. The van der Waals surface area contributed by atoms with Crippen LogP contribution >= 0.6 is 0 Å². The SMILES string of the molecule is Cc1ccccc1-n1c(C)cc(C(=O)NNC(=O)c2ccccc2)c1C. The number of carbonyl (C=O) groups is 2. The van der Waals surface area contributed by atoms with Crippen molar-refractivity contribution in [1.82, 2.24) is 15.4 Å². The Morgan fingerprint density at radius 1 is 0.808 bits per heavy atom. The maximum absolute atomic E-state index is 12.5. The second-order valence-corrected chi connectivity index (χ2v) is 6.18. The van der Waals surface area contributed by atoms with Crippen LogP contribution in [0.5, 0.6) is 0 Å². The first kappa shape index (κ1) is 17.5. The van der Waals surface area contributed by atoms with Gasteiger partial charge in [-0.2, -0.15) is 0 Å². The molecule has 2 amide bonds. The fourth-order valence-corrected chi connectivity index (χ4v) is 3.02. The van der Waals surface area contributed by atoms with Crippen LogP contribution in [-0.4, -0.2) is 16.4 Å². The lowest BCUT2D eigenvalue weighted by molar-refractivity contribution is 0.0846. The van der Waals surface area contributed by atoms with E-state index < -0.39 is 0 Å². The molecule has 2 aromatic carbocycles. The standard InChI is InChI=1S/C21H21N3O2/c1-14-9-7-8-12-19(14)24-15(2)13-18(16(24)3)21(26)23-22-20(25)17-10-5-4-6-11-17/h4-13H,1-3H3,(H,22,25)(H,23,26). The number of nitrogens with zero attached hydrogens (tertiary/aromatic N) is 1. The zero-order valence-corrected chi connectivity index (χ0v) is 15.0. The van der Waals surface area contributed by atoms with E-state index in [9.17, 15) is 9.59 Å². The molecule has 0 fully saturated rings. The van der Waals surface area contributed by atoms with Gasteiger partial charge < -0.3 is 4.57 Å². The second-order valence-electron chi connectivity index (χ2n) is 6.18. The van der Waals surface area contributed by atoms with E-state index in [1.54, 1.807) is 24.3 Å². The van der Waals surface area contributed by atoms with Gasteiger partial charge in [0.25, 0.3) is 11.8 Å². The van der Waals surface area contributed by atoms with Crippen molar-refractivity contribution in [1.29, 1.82) is 0 Å². The molecule has 0 saturated heterocycles. The summed E-state index contributed by atoms with van der Waals surface area (Å²) in [5.74, 6) is -0.700. The smallest absolute Gasteiger partial charge is 0.271 e. The zero-order chi connectivity index (χ0) is 18.7. The van der Waals surface area contributed by atoms with Gasteiger partial charge in [0, 0.05) is 22.6 Å². The molecule has 0 bridgehead atoms. The molecule has 26 heavy (non-hydrogen) atoms. The molecule has 132 valence electrons. The molecule has 2 N–H and O–H groups in total. The minimum absolute atomic E-state index is 0.345. The summed E-state index contributed by atoms with van der Waals surface area (Å²) in [6.07, 6.45) is 0. The molecule has 0 radical (unpaired) electrons. The number of rotatable bonds is 3. The Hall–Kier alpha value is -3.34. The number of benzene rings is 2. The lowest BCUT2D eigenvalue weighted by atomic mass is 10.2.